The first-order chi connectivity index (χ1) is 14.9. The van der Waals surface area contributed by atoms with Gasteiger partial charge in [-0.25, -0.2) is 17.6 Å². The van der Waals surface area contributed by atoms with Crippen LogP contribution in [0.25, 0.3) is 5.57 Å². The van der Waals surface area contributed by atoms with Crippen molar-refractivity contribution in [3.63, 3.8) is 0 Å². The Bertz CT molecular complexity index is 1070. The molecule has 0 amide bonds. The summed E-state index contributed by atoms with van der Waals surface area (Å²) in [6.45, 7) is 0.00648. The molecule has 3 N–H and O–H groups in total. The molecule has 0 aliphatic carbocycles. The summed E-state index contributed by atoms with van der Waals surface area (Å²) in [6.07, 6.45) is 0. The van der Waals surface area contributed by atoms with E-state index in [1.54, 1.807) is 11.0 Å². The van der Waals surface area contributed by atoms with Crippen molar-refractivity contribution >= 4 is 17.1 Å². The molecule has 31 heavy (non-hydrogen) atoms. The Labute approximate surface area is 175 Å². The van der Waals surface area contributed by atoms with Gasteiger partial charge in [-0.15, -0.1) is 0 Å². The third-order valence-electron chi connectivity index (χ3n) is 4.53. The number of nitriles is 2. The highest BCUT2D eigenvalue weighted by Crippen LogP contribution is 2.35. The van der Waals surface area contributed by atoms with Crippen LogP contribution >= 0.6 is 0 Å². The van der Waals surface area contributed by atoms with Gasteiger partial charge in [0.05, 0.1) is 30.4 Å². The molecule has 1 atom stereocenters. The Morgan fingerprint density at radius 3 is 1.84 bits per heavy atom. The van der Waals surface area contributed by atoms with E-state index in [0.29, 0.717) is 5.69 Å². The van der Waals surface area contributed by atoms with E-state index in [1.807, 2.05) is 0 Å². The zero-order valence-corrected chi connectivity index (χ0v) is 16.0. The smallest absolute Gasteiger partial charge is 0.171 e. The van der Waals surface area contributed by atoms with Gasteiger partial charge < -0.3 is 15.1 Å². The number of anilines is 1. The number of hydrogen-bond acceptors (Lipinski definition) is 6. The lowest BCUT2D eigenvalue weighted by atomic mass is 9.89. The van der Waals surface area contributed by atoms with E-state index in [-0.39, 0.29) is 31.9 Å². The van der Waals surface area contributed by atoms with Gasteiger partial charge in [-0.1, -0.05) is 12.1 Å². The van der Waals surface area contributed by atoms with E-state index >= 15 is 0 Å². The molecule has 0 aromatic heterocycles. The van der Waals surface area contributed by atoms with Crippen LogP contribution in [0.2, 0.25) is 0 Å². The molecule has 0 saturated heterocycles. The van der Waals surface area contributed by atoms with Crippen LogP contribution in [0.5, 0.6) is 0 Å². The number of rotatable bonds is 8. The van der Waals surface area contributed by atoms with Crippen LogP contribution in [-0.2, 0) is 0 Å². The second-order valence-corrected chi connectivity index (χ2v) is 6.24. The molecule has 1 unspecified atom stereocenters. The SMILES string of the molecule is N#CC(=C=N)c1c(F)c(F)c(C(C#N)c2ccc(N(CCO)CCO)cc2)c(F)c1F. The van der Waals surface area contributed by atoms with Crippen LogP contribution in [0.1, 0.15) is 22.6 Å². The van der Waals surface area contributed by atoms with Crippen molar-refractivity contribution in [2.75, 3.05) is 31.2 Å². The highest BCUT2D eigenvalue weighted by molar-refractivity contribution is 5.96. The molecule has 0 aliphatic rings. The third kappa shape index (κ3) is 4.57. The lowest BCUT2D eigenvalue weighted by molar-refractivity contribution is 0.281. The fourth-order valence-corrected chi connectivity index (χ4v) is 3.06. The van der Waals surface area contributed by atoms with Gasteiger partial charge in [0.1, 0.15) is 17.6 Å². The Kier molecular flexibility index (Phi) is 7.89. The Balaban J connectivity index is 2.59. The van der Waals surface area contributed by atoms with E-state index in [4.69, 9.17) is 20.9 Å². The quantitative estimate of drug-likeness (QED) is 0.257. The van der Waals surface area contributed by atoms with Crippen molar-refractivity contribution in [2.24, 2.45) is 0 Å². The van der Waals surface area contributed by atoms with Crippen LogP contribution < -0.4 is 4.90 Å². The average molecular weight is 432 g/mol. The minimum absolute atomic E-state index is 0.0339. The number of halogens is 4. The molecule has 0 spiro atoms. The number of benzene rings is 2. The highest BCUT2D eigenvalue weighted by Gasteiger charge is 2.32. The number of aliphatic hydroxyl groups excluding tert-OH is 2. The van der Waals surface area contributed by atoms with E-state index in [2.05, 4.69) is 0 Å². The first-order valence-electron chi connectivity index (χ1n) is 8.88. The Morgan fingerprint density at radius 1 is 0.935 bits per heavy atom. The topological polar surface area (TPSA) is 115 Å². The van der Waals surface area contributed by atoms with Gasteiger partial charge in [-0.2, -0.15) is 10.5 Å². The lowest BCUT2D eigenvalue weighted by Gasteiger charge is -2.23. The summed E-state index contributed by atoms with van der Waals surface area (Å²) >= 11 is 0. The molecule has 0 heterocycles. The van der Waals surface area contributed by atoms with Crippen LogP contribution in [0.3, 0.4) is 0 Å². The highest BCUT2D eigenvalue weighted by atomic mass is 19.2. The monoisotopic (exact) mass is 432 g/mol. The summed E-state index contributed by atoms with van der Waals surface area (Å²) in [7, 11) is 0. The zero-order chi connectivity index (χ0) is 23.1. The average Bonchev–Trinajstić information content (AvgIpc) is 2.78. The van der Waals surface area contributed by atoms with Crippen molar-refractivity contribution < 1.29 is 27.8 Å². The molecular formula is C21H16F4N4O2. The summed E-state index contributed by atoms with van der Waals surface area (Å²) in [5.41, 5.74) is -3.01. The van der Waals surface area contributed by atoms with Gasteiger partial charge in [0, 0.05) is 18.8 Å². The van der Waals surface area contributed by atoms with Crippen molar-refractivity contribution in [3.05, 3.63) is 64.2 Å². The third-order valence-corrected chi connectivity index (χ3v) is 4.53. The van der Waals surface area contributed by atoms with Crippen LogP contribution in [-0.4, -0.2) is 42.4 Å². The van der Waals surface area contributed by atoms with Crippen LogP contribution in [0, 0.1) is 51.3 Å². The molecule has 0 aliphatic heterocycles. The normalized spacial score (nSPS) is 11.2. The number of nitrogens with one attached hydrogen (secondary N) is 1. The number of nitrogens with zero attached hydrogens (tertiary/aromatic N) is 3. The van der Waals surface area contributed by atoms with E-state index in [0.717, 1.165) is 0 Å². The maximum absolute atomic E-state index is 14.7. The molecule has 0 saturated carbocycles. The predicted octanol–water partition coefficient (Wildman–Crippen LogP) is 2.84. The van der Waals surface area contributed by atoms with Gasteiger partial charge in [0.15, 0.2) is 23.3 Å². The van der Waals surface area contributed by atoms with Crippen LogP contribution in [0.15, 0.2) is 24.3 Å². The molecule has 2 aromatic carbocycles. The first-order valence-corrected chi connectivity index (χ1v) is 8.88. The maximum Gasteiger partial charge on any atom is 0.171 e. The fourth-order valence-electron chi connectivity index (χ4n) is 3.06. The molecule has 2 rings (SSSR count). The lowest BCUT2D eigenvalue weighted by Crippen LogP contribution is -2.29. The second-order valence-electron chi connectivity index (χ2n) is 6.24. The maximum atomic E-state index is 14.7. The number of aliphatic hydroxyl groups is 2. The molecule has 2 aromatic rings. The number of hydrogen-bond donors (Lipinski definition) is 3. The zero-order valence-electron chi connectivity index (χ0n) is 16.0. The van der Waals surface area contributed by atoms with Gasteiger partial charge in [0.25, 0.3) is 0 Å². The molecule has 10 heteroatoms. The fraction of sp³-hybridized carbons (Fsp3) is 0.238. The van der Waals surface area contributed by atoms with E-state index in [1.165, 1.54) is 36.2 Å². The molecule has 6 nitrogen and oxygen atoms in total. The summed E-state index contributed by atoms with van der Waals surface area (Å²) < 4.78 is 58.2. The standard InChI is InChI=1S/C21H16F4N4O2/c22-18-16(13(9-26)10-27)19(23)21(25)17(20(18)24)15(11-28)12-1-3-14(4-2-12)29(5-7-30)6-8-31/h1-4,15,26,30-31H,5-8H2. The summed E-state index contributed by atoms with van der Waals surface area (Å²) in [5.74, 6) is -7.81. The van der Waals surface area contributed by atoms with Gasteiger partial charge in [0.2, 0.25) is 0 Å². The molecule has 160 valence electrons. The molecule has 0 fully saturated rings. The molecule has 0 bridgehead atoms. The van der Waals surface area contributed by atoms with Crippen molar-refractivity contribution in [3.8, 4) is 12.1 Å². The minimum atomic E-state index is -1.90. The second kappa shape index (κ2) is 10.4. The predicted molar refractivity (Wildman–Crippen MR) is 103 cm³/mol. The summed E-state index contributed by atoms with van der Waals surface area (Å²) in [5, 5.41) is 43.4. The van der Waals surface area contributed by atoms with E-state index in [9.17, 15) is 22.8 Å². The number of allylic oxidation sites excluding steroid dienone is 1. The van der Waals surface area contributed by atoms with Crippen LogP contribution in [0.4, 0.5) is 23.2 Å². The van der Waals surface area contributed by atoms with Gasteiger partial charge in [-0.05, 0) is 23.6 Å². The van der Waals surface area contributed by atoms with E-state index < -0.39 is 45.9 Å². The minimum Gasteiger partial charge on any atom is -0.395 e. The summed E-state index contributed by atoms with van der Waals surface area (Å²) in [4.78, 5) is 1.62. The molecule has 0 radical (unpaired) electrons. The largest absolute Gasteiger partial charge is 0.395 e. The van der Waals surface area contributed by atoms with Crippen molar-refractivity contribution in [2.45, 2.75) is 5.92 Å². The van der Waals surface area contributed by atoms with Gasteiger partial charge >= 0.3 is 0 Å². The van der Waals surface area contributed by atoms with Crippen molar-refractivity contribution in [1.29, 1.82) is 15.9 Å². The molecular weight excluding hydrogens is 416 g/mol. The Hall–Kier alpha value is -3.69. The van der Waals surface area contributed by atoms with Gasteiger partial charge in [-0.3, -0.25) is 5.41 Å². The Morgan fingerprint density at radius 2 is 1.45 bits per heavy atom. The first kappa shape index (κ1) is 23.6. The van der Waals surface area contributed by atoms with Crippen molar-refractivity contribution in [1.82, 2.24) is 0 Å². The summed E-state index contributed by atoms with van der Waals surface area (Å²) in [6, 6.07) is 8.43.